The number of rotatable bonds is 4. The second-order valence-electron chi connectivity index (χ2n) is 9.22. The fourth-order valence-electron chi connectivity index (χ4n) is 5.23. The minimum absolute atomic E-state index is 0.131. The third kappa shape index (κ3) is 4.16. The summed E-state index contributed by atoms with van der Waals surface area (Å²) in [4.78, 5) is 64.3. The highest BCUT2D eigenvalue weighted by molar-refractivity contribution is 6.23. The minimum atomic E-state index is -0.712. The normalized spacial score (nSPS) is 22.3. The van der Waals surface area contributed by atoms with Crippen molar-refractivity contribution in [2.45, 2.75) is 51.1 Å². The van der Waals surface area contributed by atoms with Crippen molar-refractivity contribution in [1.82, 2.24) is 10.2 Å². The fourth-order valence-corrected chi connectivity index (χ4v) is 5.23. The molecule has 2 aromatic rings. The Morgan fingerprint density at radius 3 is 2.34 bits per heavy atom. The van der Waals surface area contributed by atoms with Crippen molar-refractivity contribution in [2.75, 3.05) is 5.32 Å². The van der Waals surface area contributed by atoms with Crippen molar-refractivity contribution in [1.29, 1.82) is 0 Å². The van der Waals surface area contributed by atoms with Gasteiger partial charge in [-0.15, -0.1) is 0 Å². The van der Waals surface area contributed by atoms with Crippen molar-refractivity contribution >= 4 is 35.0 Å². The van der Waals surface area contributed by atoms with Gasteiger partial charge in [0.25, 0.3) is 5.91 Å². The number of hydrogen-bond donors (Lipinski definition) is 2. The van der Waals surface area contributed by atoms with Crippen molar-refractivity contribution in [3.8, 4) is 0 Å². The van der Waals surface area contributed by atoms with Crippen LogP contribution >= 0.6 is 0 Å². The zero-order valence-corrected chi connectivity index (χ0v) is 19.3. The van der Waals surface area contributed by atoms with Crippen LogP contribution in [0, 0.1) is 0 Å². The number of fused-ring (bicyclic) bond motifs is 1. The van der Waals surface area contributed by atoms with Gasteiger partial charge in [-0.2, -0.15) is 0 Å². The summed E-state index contributed by atoms with van der Waals surface area (Å²) >= 11 is 0. The van der Waals surface area contributed by atoms with Crippen LogP contribution in [0.15, 0.2) is 59.8 Å². The summed E-state index contributed by atoms with van der Waals surface area (Å²) in [5.41, 5.74) is 3.36. The van der Waals surface area contributed by atoms with E-state index in [2.05, 4.69) is 10.6 Å². The summed E-state index contributed by atoms with van der Waals surface area (Å²) in [5, 5.41) is 5.49. The molecule has 1 atom stereocenters. The Labute approximate surface area is 202 Å². The summed E-state index contributed by atoms with van der Waals surface area (Å²) in [6, 6.07) is 14.1. The lowest BCUT2D eigenvalue weighted by molar-refractivity contribution is -0.137. The molecule has 2 fully saturated rings. The molecule has 3 amide bonds. The van der Waals surface area contributed by atoms with E-state index in [0.717, 1.165) is 5.56 Å². The molecule has 1 saturated carbocycles. The predicted octanol–water partition coefficient (Wildman–Crippen LogP) is 2.85. The van der Waals surface area contributed by atoms with Crippen LogP contribution in [0.4, 0.5) is 5.69 Å². The van der Waals surface area contributed by atoms with Crippen LogP contribution in [0.3, 0.4) is 0 Å². The molecule has 2 aromatic carbocycles. The molecule has 8 nitrogen and oxygen atoms in total. The van der Waals surface area contributed by atoms with Gasteiger partial charge in [0.1, 0.15) is 6.04 Å². The van der Waals surface area contributed by atoms with Gasteiger partial charge >= 0.3 is 0 Å². The lowest BCUT2D eigenvalue weighted by Gasteiger charge is -2.29. The lowest BCUT2D eigenvalue weighted by atomic mass is 9.79. The molecule has 0 aromatic heterocycles. The number of benzene rings is 2. The van der Waals surface area contributed by atoms with Crippen molar-refractivity contribution in [3.05, 3.63) is 76.5 Å². The monoisotopic (exact) mass is 471 g/mol. The number of allylic oxidation sites excluding steroid dienone is 2. The maximum absolute atomic E-state index is 13.1. The molecule has 2 N–H and O–H groups in total. The standard InChI is InChI=1S/C27H25N3O5/c1-15(25-22(31)12-17(13-23(25)32)16-6-3-2-4-7-16)28-20-9-5-8-18-19(20)14-30(27(18)35)21-10-11-24(33)29-26(21)34/h2-9,17,21,28H,10-14H2,1H3,(H,29,33,34). The molecule has 8 heteroatoms. The van der Waals surface area contributed by atoms with E-state index in [1.807, 2.05) is 30.3 Å². The molecule has 0 radical (unpaired) electrons. The topological polar surface area (TPSA) is 113 Å². The van der Waals surface area contributed by atoms with Crippen LogP contribution in [-0.2, 0) is 25.7 Å². The summed E-state index contributed by atoms with van der Waals surface area (Å²) in [6.07, 6.45) is 0.987. The average molecular weight is 472 g/mol. The first-order valence-electron chi connectivity index (χ1n) is 11.7. The molecular formula is C27H25N3O5. The molecule has 2 aliphatic heterocycles. The van der Waals surface area contributed by atoms with Crippen LogP contribution in [0.25, 0.3) is 0 Å². The first kappa shape index (κ1) is 22.7. The van der Waals surface area contributed by atoms with Gasteiger partial charge in [-0.1, -0.05) is 36.4 Å². The van der Waals surface area contributed by atoms with Gasteiger partial charge in [0.2, 0.25) is 11.8 Å². The maximum atomic E-state index is 13.1. The first-order chi connectivity index (χ1) is 16.8. The van der Waals surface area contributed by atoms with E-state index in [4.69, 9.17) is 0 Å². The van der Waals surface area contributed by atoms with Gasteiger partial charge in [0, 0.05) is 48.3 Å². The number of ketones is 2. The number of carbonyl (C=O) groups excluding carboxylic acids is 5. The van der Waals surface area contributed by atoms with E-state index in [-0.39, 0.29) is 67.1 Å². The maximum Gasteiger partial charge on any atom is 0.255 e. The van der Waals surface area contributed by atoms with E-state index in [1.54, 1.807) is 25.1 Å². The van der Waals surface area contributed by atoms with Gasteiger partial charge in [-0.25, -0.2) is 0 Å². The zero-order valence-electron chi connectivity index (χ0n) is 19.3. The van der Waals surface area contributed by atoms with Crippen LogP contribution in [0.1, 0.15) is 60.0 Å². The van der Waals surface area contributed by atoms with Gasteiger partial charge < -0.3 is 10.2 Å². The van der Waals surface area contributed by atoms with E-state index in [9.17, 15) is 24.0 Å². The Balaban J connectivity index is 1.37. The number of anilines is 1. The quantitative estimate of drug-likeness (QED) is 0.403. The second kappa shape index (κ2) is 8.94. The van der Waals surface area contributed by atoms with Crippen LogP contribution < -0.4 is 10.6 Å². The minimum Gasteiger partial charge on any atom is -0.358 e. The molecule has 0 spiro atoms. The summed E-state index contributed by atoms with van der Waals surface area (Å²) in [6.45, 7) is 1.90. The molecule has 0 bridgehead atoms. The molecule has 5 rings (SSSR count). The largest absolute Gasteiger partial charge is 0.358 e. The Kier molecular flexibility index (Phi) is 5.80. The second-order valence-corrected chi connectivity index (χ2v) is 9.22. The SMILES string of the molecule is CC(Nc1cccc2c1CN(C1CCC(=O)NC1=O)C2=O)=C1C(=O)CC(c2ccccc2)CC1=O. The number of nitrogens with one attached hydrogen (secondary N) is 2. The third-order valence-electron chi connectivity index (χ3n) is 6.97. The van der Waals surface area contributed by atoms with Crippen LogP contribution in [-0.4, -0.2) is 40.2 Å². The Morgan fingerprint density at radius 2 is 1.66 bits per heavy atom. The highest BCUT2D eigenvalue weighted by atomic mass is 16.2. The molecule has 2 heterocycles. The highest BCUT2D eigenvalue weighted by Gasteiger charge is 2.40. The molecule has 178 valence electrons. The number of Topliss-reactive ketones (excluding diaryl/α,β-unsaturated/α-hetero) is 2. The van der Waals surface area contributed by atoms with E-state index < -0.39 is 11.9 Å². The molecule has 1 unspecified atom stereocenters. The summed E-state index contributed by atoms with van der Waals surface area (Å²) < 4.78 is 0. The summed E-state index contributed by atoms with van der Waals surface area (Å²) in [7, 11) is 0. The van der Waals surface area contributed by atoms with Gasteiger partial charge in [-0.05, 0) is 37.0 Å². The molecule has 3 aliphatic rings. The summed E-state index contributed by atoms with van der Waals surface area (Å²) in [5.74, 6) is -1.62. The van der Waals surface area contributed by atoms with Crippen molar-refractivity contribution in [2.24, 2.45) is 0 Å². The van der Waals surface area contributed by atoms with Crippen molar-refractivity contribution < 1.29 is 24.0 Å². The molecular weight excluding hydrogens is 446 g/mol. The van der Waals surface area contributed by atoms with E-state index in [0.29, 0.717) is 22.5 Å². The molecule has 35 heavy (non-hydrogen) atoms. The number of imide groups is 1. The Hall–Kier alpha value is -4.07. The number of amides is 3. The number of hydrogen-bond acceptors (Lipinski definition) is 6. The number of carbonyl (C=O) groups is 5. The van der Waals surface area contributed by atoms with E-state index in [1.165, 1.54) is 4.90 Å². The van der Waals surface area contributed by atoms with Crippen LogP contribution in [0.2, 0.25) is 0 Å². The lowest BCUT2D eigenvalue weighted by Crippen LogP contribution is -2.52. The third-order valence-corrected chi connectivity index (χ3v) is 6.97. The van der Waals surface area contributed by atoms with Crippen molar-refractivity contribution in [3.63, 3.8) is 0 Å². The highest BCUT2D eigenvalue weighted by Crippen LogP contribution is 2.35. The Morgan fingerprint density at radius 1 is 0.943 bits per heavy atom. The zero-order chi connectivity index (χ0) is 24.7. The van der Waals surface area contributed by atoms with Crippen LogP contribution in [0.5, 0.6) is 0 Å². The fraction of sp³-hybridized carbons (Fsp3) is 0.296. The number of piperidine rings is 1. The number of nitrogens with zero attached hydrogens (tertiary/aromatic N) is 1. The van der Waals surface area contributed by atoms with Gasteiger partial charge in [0.05, 0.1) is 5.57 Å². The van der Waals surface area contributed by atoms with Gasteiger partial charge in [-0.3, -0.25) is 29.3 Å². The predicted molar refractivity (Wildman–Crippen MR) is 127 cm³/mol. The first-order valence-corrected chi connectivity index (χ1v) is 11.7. The molecule has 1 saturated heterocycles. The smallest absolute Gasteiger partial charge is 0.255 e. The van der Waals surface area contributed by atoms with E-state index >= 15 is 0 Å². The Bertz CT molecular complexity index is 1280. The van der Waals surface area contributed by atoms with Gasteiger partial charge in [0.15, 0.2) is 11.6 Å². The average Bonchev–Trinajstić information content (AvgIpc) is 3.16. The molecule has 1 aliphatic carbocycles.